The Kier molecular flexibility index (Phi) is 8.57. The molecule has 3 aromatic rings. The molecule has 0 fully saturated rings. The maximum atomic E-state index is 15.4. The summed E-state index contributed by atoms with van der Waals surface area (Å²) in [5.74, 6) is -13.9. The number of nitrogens with two attached hydrogens (primary N) is 1. The largest absolute Gasteiger partial charge is 0.466 e. The molecule has 1 aliphatic rings. The van der Waals surface area contributed by atoms with E-state index in [0.717, 1.165) is 14.2 Å². The lowest BCUT2D eigenvalue weighted by Crippen LogP contribution is -2.41. The molecule has 0 aromatic heterocycles. The van der Waals surface area contributed by atoms with E-state index in [1.807, 2.05) is 0 Å². The Morgan fingerprint density at radius 3 is 2.00 bits per heavy atom. The van der Waals surface area contributed by atoms with Crippen LogP contribution in [-0.4, -0.2) is 26.2 Å². The van der Waals surface area contributed by atoms with Crippen molar-refractivity contribution in [1.29, 1.82) is 5.26 Å². The first-order chi connectivity index (χ1) is 20.7. The fourth-order valence-corrected chi connectivity index (χ4v) is 4.46. The number of nitrogens with zero attached hydrogens (tertiary/aromatic N) is 2. The number of alkyl halides is 3. The van der Waals surface area contributed by atoms with Crippen LogP contribution in [0.1, 0.15) is 17.0 Å². The summed E-state index contributed by atoms with van der Waals surface area (Å²) in [6.45, 7) is 0. The molecule has 0 radical (unpaired) electrons. The number of allylic oxidation sites excluding steroid dienone is 1. The number of ether oxygens (including phenoxy) is 3. The van der Waals surface area contributed by atoms with Gasteiger partial charge in [0, 0.05) is 12.1 Å². The molecule has 0 aliphatic carbocycles. The molecule has 2 N–H and O–H groups in total. The van der Waals surface area contributed by atoms with Crippen LogP contribution in [0.15, 0.2) is 77.3 Å². The predicted molar refractivity (Wildman–Crippen MR) is 137 cm³/mol. The van der Waals surface area contributed by atoms with Crippen molar-refractivity contribution in [3.05, 3.63) is 112 Å². The maximum absolute atomic E-state index is 15.4. The number of anilines is 1. The van der Waals surface area contributed by atoms with Gasteiger partial charge in [0.05, 0.1) is 48.6 Å². The molecule has 0 bridgehead atoms. The Morgan fingerprint density at radius 1 is 0.886 bits per heavy atom. The lowest BCUT2D eigenvalue weighted by molar-refractivity contribution is -0.139. The van der Waals surface area contributed by atoms with Gasteiger partial charge in [-0.15, -0.1) is 0 Å². The van der Waals surface area contributed by atoms with Crippen LogP contribution in [0.5, 0.6) is 11.5 Å². The number of hydrogen-bond acceptors (Lipinski definition) is 8. The minimum Gasteiger partial charge on any atom is -0.466 e. The van der Waals surface area contributed by atoms with Crippen molar-refractivity contribution in [3.63, 3.8) is 0 Å². The number of carbonyl (C=O) groups is 2. The SMILES string of the molecule is COC(=O)C1=C(C(=O)OC)N(c2cc(Oc3c(F)cc(C(F)(F)F)cc3F)c(F)cc2F)C(N)=C(C#N)C1c1ccccc1. The first-order valence-electron chi connectivity index (χ1n) is 12.1. The molecule has 44 heavy (non-hydrogen) atoms. The molecular formula is C29H18F7N3O5. The van der Waals surface area contributed by atoms with Crippen LogP contribution in [0.25, 0.3) is 0 Å². The third kappa shape index (κ3) is 5.61. The van der Waals surface area contributed by atoms with Gasteiger partial charge in [0.15, 0.2) is 29.0 Å². The molecule has 1 atom stereocenters. The predicted octanol–water partition coefficient (Wildman–Crippen LogP) is 5.95. The van der Waals surface area contributed by atoms with Gasteiger partial charge in [-0.2, -0.15) is 18.4 Å². The summed E-state index contributed by atoms with van der Waals surface area (Å²) in [5.41, 5.74) is 2.25. The summed E-state index contributed by atoms with van der Waals surface area (Å²) in [6, 6.07) is 9.96. The topological polar surface area (TPSA) is 115 Å². The van der Waals surface area contributed by atoms with E-state index >= 15 is 4.39 Å². The summed E-state index contributed by atoms with van der Waals surface area (Å²) in [4.78, 5) is 26.8. The zero-order valence-corrected chi connectivity index (χ0v) is 22.4. The van der Waals surface area contributed by atoms with E-state index in [1.165, 1.54) is 12.1 Å². The highest BCUT2D eigenvalue weighted by Crippen LogP contribution is 2.45. The van der Waals surface area contributed by atoms with E-state index in [4.69, 9.17) is 19.9 Å². The lowest BCUT2D eigenvalue weighted by atomic mass is 9.81. The normalized spacial score (nSPS) is 15.2. The summed E-state index contributed by atoms with van der Waals surface area (Å²) in [6.07, 6.45) is -5.13. The molecule has 4 rings (SSSR count). The average Bonchev–Trinajstić information content (AvgIpc) is 2.98. The number of hydrogen-bond donors (Lipinski definition) is 1. The van der Waals surface area contributed by atoms with Gasteiger partial charge in [-0.05, 0) is 17.7 Å². The summed E-state index contributed by atoms with van der Waals surface area (Å²) >= 11 is 0. The van der Waals surface area contributed by atoms with E-state index in [0.29, 0.717) is 11.0 Å². The molecular weight excluding hydrogens is 603 g/mol. The molecule has 228 valence electrons. The van der Waals surface area contributed by atoms with E-state index in [9.17, 15) is 41.2 Å². The van der Waals surface area contributed by atoms with Gasteiger partial charge in [-0.3, -0.25) is 4.90 Å². The zero-order valence-electron chi connectivity index (χ0n) is 22.4. The standard InChI is InChI=1S/C29H18F7N3O5/c1-42-27(40)23-22(13-6-4-3-5-7-13)15(12-37)26(38)39(24(23)28(41)43-2)20-11-21(17(31)10-16(20)30)44-25-18(32)8-14(9-19(25)33)29(34,35)36/h3-11,22H,38H2,1-2H3. The maximum Gasteiger partial charge on any atom is 0.416 e. The smallest absolute Gasteiger partial charge is 0.416 e. The monoisotopic (exact) mass is 621 g/mol. The Labute approximate surface area is 243 Å². The van der Waals surface area contributed by atoms with Crippen molar-refractivity contribution in [1.82, 2.24) is 0 Å². The van der Waals surface area contributed by atoms with Gasteiger partial charge >= 0.3 is 18.1 Å². The lowest BCUT2D eigenvalue weighted by Gasteiger charge is -2.36. The second kappa shape index (κ2) is 12.0. The highest BCUT2D eigenvalue weighted by atomic mass is 19.4. The second-order valence-corrected chi connectivity index (χ2v) is 8.94. The molecule has 1 unspecified atom stereocenters. The quantitative estimate of drug-likeness (QED) is 0.265. The van der Waals surface area contributed by atoms with E-state index in [1.54, 1.807) is 24.3 Å². The van der Waals surface area contributed by atoms with Crippen molar-refractivity contribution in [2.24, 2.45) is 5.73 Å². The van der Waals surface area contributed by atoms with Crippen LogP contribution in [0.3, 0.4) is 0 Å². The van der Waals surface area contributed by atoms with Crippen LogP contribution < -0.4 is 15.4 Å². The van der Waals surface area contributed by atoms with Crippen molar-refractivity contribution in [3.8, 4) is 17.6 Å². The van der Waals surface area contributed by atoms with Gasteiger partial charge in [0.2, 0.25) is 0 Å². The summed E-state index contributed by atoms with van der Waals surface area (Å²) < 4.78 is 113. The highest BCUT2D eigenvalue weighted by Gasteiger charge is 2.44. The molecule has 1 heterocycles. The van der Waals surface area contributed by atoms with Gasteiger partial charge < -0.3 is 19.9 Å². The summed E-state index contributed by atoms with van der Waals surface area (Å²) in [5, 5.41) is 10.1. The van der Waals surface area contributed by atoms with E-state index in [2.05, 4.69) is 0 Å². The van der Waals surface area contributed by atoms with Crippen molar-refractivity contribution in [2.75, 3.05) is 19.1 Å². The van der Waals surface area contributed by atoms with Gasteiger partial charge in [0.25, 0.3) is 0 Å². The molecule has 0 saturated carbocycles. The Morgan fingerprint density at radius 2 is 1.48 bits per heavy atom. The van der Waals surface area contributed by atoms with Gasteiger partial charge in [-0.1, -0.05) is 30.3 Å². The van der Waals surface area contributed by atoms with Crippen molar-refractivity contribution >= 4 is 17.6 Å². The highest BCUT2D eigenvalue weighted by molar-refractivity contribution is 6.06. The summed E-state index contributed by atoms with van der Waals surface area (Å²) in [7, 11) is 1.87. The third-order valence-corrected chi connectivity index (χ3v) is 6.39. The molecule has 15 heteroatoms. The minimum absolute atomic E-state index is 0.101. The van der Waals surface area contributed by atoms with Crippen LogP contribution in [0, 0.1) is 34.6 Å². The fourth-order valence-electron chi connectivity index (χ4n) is 4.46. The second-order valence-electron chi connectivity index (χ2n) is 8.94. The molecule has 8 nitrogen and oxygen atoms in total. The third-order valence-electron chi connectivity index (χ3n) is 6.39. The fraction of sp³-hybridized carbons (Fsp3) is 0.138. The van der Waals surface area contributed by atoms with Crippen LogP contribution in [-0.2, 0) is 25.2 Å². The Balaban J connectivity index is 1.98. The van der Waals surface area contributed by atoms with Gasteiger partial charge in [0.1, 0.15) is 17.3 Å². The number of benzene rings is 3. The molecule has 3 aromatic carbocycles. The molecule has 1 aliphatic heterocycles. The van der Waals surface area contributed by atoms with Crippen molar-refractivity contribution in [2.45, 2.75) is 12.1 Å². The van der Waals surface area contributed by atoms with Crippen LogP contribution >= 0.6 is 0 Å². The number of halogens is 7. The van der Waals surface area contributed by atoms with E-state index < -0.39 is 92.7 Å². The van der Waals surface area contributed by atoms with Crippen LogP contribution in [0.2, 0.25) is 0 Å². The molecule has 0 amide bonds. The number of carbonyl (C=O) groups excluding carboxylic acids is 2. The van der Waals surface area contributed by atoms with Crippen molar-refractivity contribution < 1.29 is 54.5 Å². The molecule has 0 spiro atoms. The van der Waals surface area contributed by atoms with E-state index in [-0.39, 0.29) is 23.8 Å². The first kappa shape index (κ1) is 31.4. The Hall–Kier alpha value is -5.52. The first-order valence-corrected chi connectivity index (χ1v) is 12.1. The number of esters is 2. The van der Waals surface area contributed by atoms with Gasteiger partial charge in [-0.25, -0.2) is 27.2 Å². The zero-order chi connectivity index (χ0) is 32.5. The number of rotatable bonds is 6. The minimum atomic E-state index is -5.13. The number of methoxy groups -OCH3 is 2. The molecule has 0 saturated heterocycles. The Bertz CT molecular complexity index is 1740. The number of nitriles is 1. The average molecular weight is 621 g/mol. The van der Waals surface area contributed by atoms with Crippen LogP contribution in [0.4, 0.5) is 36.4 Å².